The number of aromatic nitrogens is 1. The van der Waals surface area contributed by atoms with Gasteiger partial charge in [0.25, 0.3) is 5.91 Å². The predicted molar refractivity (Wildman–Crippen MR) is 109 cm³/mol. The third kappa shape index (κ3) is 3.94. The zero-order valence-electron chi connectivity index (χ0n) is 15.6. The van der Waals surface area contributed by atoms with Crippen LogP contribution in [0.5, 0.6) is 0 Å². The number of benzene rings is 2. The topological polar surface area (TPSA) is 79.2 Å². The smallest absolute Gasteiger partial charge is 0.277 e. The van der Waals surface area contributed by atoms with Gasteiger partial charge >= 0.3 is 0 Å². The second kappa shape index (κ2) is 7.75. The molecule has 1 aliphatic heterocycles. The normalized spacial score (nSPS) is 19.0. The van der Waals surface area contributed by atoms with Crippen molar-refractivity contribution >= 4 is 23.2 Å². The van der Waals surface area contributed by atoms with Crippen LogP contribution in [0, 0.1) is 6.92 Å². The summed E-state index contributed by atoms with van der Waals surface area (Å²) in [5.74, 6) is 0.203. The highest BCUT2D eigenvalue weighted by molar-refractivity contribution is 6.30. The first-order valence-corrected chi connectivity index (χ1v) is 9.53. The Labute approximate surface area is 168 Å². The number of amides is 1. The van der Waals surface area contributed by atoms with E-state index < -0.39 is 0 Å². The van der Waals surface area contributed by atoms with Crippen molar-refractivity contribution in [1.29, 1.82) is 0 Å². The number of aryl methyl sites for hydroxylation is 1. The first-order chi connectivity index (χ1) is 13.5. The molecule has 28 heavy (non-hydrogen) atoms. The van der Waals surface area contributed by atoms with Gasteiger partial charge in [-0.25, -0.2) is 5.43 Å². The molecule has 3 N–H and O–H groups in total. The number of nitrogens with one attached hydrogen (secondary N) is 3. The molecule has 0 saturated carbocycles. The van der Waals surface area contributed by atoms with Gasteiger partial charge in [-0.2, -0.15) is 0 Å². The lowest BCUT2D eigenvalue weighted by Gasteiger charge is -2.16. The van der Waals surface area contributed by atoms with Gasteiger partial charge in [0.15, 0.2) is 11.5 Å². The molecule has 7 heteroatoms. The minimum atomic E-state index is -0.312. The summed E-state index contributed by atoms with van der Waals surface area (Å²) in [5, 5.41) is 7.53. The van der Waals surface area contributed by atoms with Gasteiger partial charge in [0.2, 0.25) is 0 Å². The Hall–Kier alpha value is -2.67. The van der Waals surface area contributed by atoms with Gasteiger partial charge < -0.3 is 9.84 Å². The van der Waals surface area contributed by atoms with Gasteiger partial charge in [0, 0.05) is 34.4 Å². The molecule has 2 heterocycles. The molecule has 1 aliphatic rings. The molecular formula is C21H21ClN4O2. The van der Waals surface area contributed by atoms with E-state index in [1.165, 1.54) is 0 Å². The lowest BCUT2D eigenvalue weighted by molar-refractivity contribution is 0.101. The molecule has 1 amide bonds. The van der Waals surface area contributed by atoms with Crippen LogP contribution in [0.4, 0.5) is 5.69 Å². The minimum Gasteiger partial charge on any atom is -0.355 e. The van der Waals surface area contributed by atoms with Crippen molar-refractivity contribution < 1.29 is 9.32 Å². The molecule has 0 aliphatic carbocycles. The van der Waals surface area contributed by atoms with E-state index in [0.717, 1.165) is 28.8 Å². The maximum atomic E-state index is 12.7. The van der Waals surface area contributed by atoms with Gasteiger partial charge in [0.1, 0.15) is 0 Å². The second-order valence-electron chi connectivity index (χ2n) is 7.11. The second-order valence-corrected chi connectivity index (χ2v) is 7.54. The fourth-order valence-corrected chi connectivity index (χ4v) is 3.45. The first-order valence-electron chi connectivity index (χ1n) is 9.15. The molecule has 1 saturated heterocycles. The van der Waals surface area contributed by atoms with E-state index in [-0.39, 0.29) is 17.6 Å². The van der Waals surface area contributed by atoms with Crippen molar-refractivity contribution in [3.8, 4) is 11.3 Å². The molecule has 0 radical (unpaired) electrons. The van der Waals surface area contributed by atoms with Crippen LogP contribution in [0.3, 0.4) is 0 Å². The maximum Gasteiger partial charge on any atom is 0.277 e. The van der Waals surface area contributed by atoms with Crippen molar-refractivity contribution in [3.05, 3.63) is 70.4 Å². The standard InChI is InChI=1S/C21H21ClN4O2/c1-12-3-8-17(16(9-12)18-10-13(2)24-25-18)23-21(27)19-11-20(28-26-19)14-4-6-15(22)7-5-14/h3-9,11,13,18,24-25H,10H2,1-2H3,(H,23,27). The molecule has 3 aromatic rings. The molecular weight excluding hydrogens is 376 g/mol. The summed E-state index contributed by atoms with van der Waals surface area (Å²) in [5.41, 5.74) is 10.5. The zero-order valence-corrected chi connectivity index (χ0v) is 16.4. The van der Waals surface area contributed by atoms with Crippen molar-refractivity contribution in [2.24, 2.45) is 0 Å². The fraction of sp³-hybridized carbons (Fsp3) is 0.238. The van der Waals surface area contributed by atoms with E-state index >= 15 is 0 Å². The zero-order chi connectivity index (χ0) is 19.7. The van der Waals surface area contributed by atoms with Gasteiger partial charge in [0.05, 0.1) is 0 Å². The maximum absolute atomic E-state index is 12.7. The third-order valence-corrected chi connectivity index (χ3v) is 5.05. The number of carbonyl (C=O) groups excluding carboxylic acids is 1. The number of nitrogens with zero attached hydrogens (tertiary/aromatic N) is 1. The molecule has 4 rings (SSSR count). The van der Waals surface area contributed by atoms with E-state index in [4.69, 9.17) is 16.1 Å². The molecule has 0 bridgehead atoms. The van der Waals surface area contributed by atoms with Crippen LogP contribution >= 0.6 is 11.6 Å². The van der Waals surface area contributed by atoms with Crippen LogP contribution in [0.25, 0.3) is 11.3 Å². The SMILES string of the molecule is Cc1ccc(NC(=O)c2cc(-c3ccc(Cl)cc3)on2)c(C2CC(C)NN2)c1. The van der Waals surface area contributed by atoms with Crippen LogP contribution in [0.15, 0.2) is 53.1 Å². The minimum absolute atomic E-state index is 0.132. The molecule has 1 fully saturated rings. The number of halogens is 1. The lowest BCUT2D eigenvalue weighted by Crippen LogP contribution is -2.29. The summed E-state index contributed by atoms with van der Waals surface area (Å²) in [4.78, 5) is 12.7. The highest BCUT2D eigenvalue weighted by Crippen LogP contribution is 2.30. The van der Waals surface area contributed by atoms with Crippen molar-refractivity contribution in [3.63, 3.8) is 0 Å². The summed E-state index contributed by atoms with van der Waals surface area (Å²) < 4.78 is 5.34. The van der Waals surface area contributed by atoms with Gasteiger partial charge in [-0.1, -0.05) is 34.5 Å². The third-order valence-electron chi connectivity index (χ3n) is 4.80. The number of carbonyl (C=O) groups is 1. The van der Waals surface area contributed by atoms with E-state index in [9.17, 15) is 4.79 Å². The average Bonchev–Trinajstić information content (AvgIpc) is 3.33. The molecule has 6 nitrogen and oxygen atoms in total. The monoisotopic (exact) mass is 396 g/mol. The number of hydrogen-bond acceptors (Lipinski definition) is 5. The van der Waals surface area contributed by atoms with Crippen LogP contribution in [-0.4, -0.2) is 17.1 Å². The Morgan fingerprint density at radius 1 is 1.18 bits per heavy atom. The van der Waals surface area contributed by atoms with Crippen LogP contribution in [-0.2, 0) is 0 Å². The number of anilines is 1. The molecule has 2 atom stereocenters. The summed E-state index contributed by atoms with van der Waals surface area (Å²) in [6.07, 6.45) is 0.941. The Morgan fingerprint density at radius 3 is 2.68 bits per heavy atom. The largest absolute Gasteiger partial charge is 0.355 e. The van der Waals surface area contributed by atoms with Crippen molar-refractivity contribution in [1.82, 2.24) is 16.0 Å². The van der Waals surface area contributed by atoms with Crippen LogP contribution < -0.4 is 16.2 Å². The van der Waals surface area contributed by atoms with E-state index in [2.05, 4.69) is 34.3 Å². The average molecular weight is 397 g/mol. The molecule has 1 aromatic heterocycles. The number of hydrazine groups is 1. The molecule has 2 aromatic carbocycles. The van der Waals surface area contributed by atoms with Crippen molar-refractivity contribution in [2.45, 2.75) is 32.4 Å². The van der Waals surface area contributed by atoms with Crippen LogP contribution in [0.1, 0.15) is 41.0 Å². The molecule has 144 valence electrons. The van der Waals surface area contributed by atoms with E-state index in [1.54, 1.807) is 18.2 Å². The Morgan fingerprint density at radius 2 is 1.96 bits per heavy atom. The fourth-order valence-electron chi connectivity index (χ4n) is 3.32. The number of hydrogen-bond donors (Lipinski definition) is 3. The summed E-state index contributed by atoms with van der Waals surface area (Å²) in [7, 11) is 0. The van der Waals surface area contributed by atoms with Gasteiger partial charge in [-0.3, -0.25) is 10.2 Å². The first kappa shape index (κ1) is 18.7. The summed E-state index contributed by atoms with van der Waals surface area (Å²) in [6.45, 7) is 4.16. The quantitative estimate of drug-likeness (QED) is 0.605. The Bertz CT molecular complexity index is 1000. The molecule has 2 unspecified atom stereocenters. The van der Waals surface area contributed by atoms with Crippen molar-refractivity contribution in [2.75, 3.05) is 5.32 Å². The van der Waals surface area contributed by atoms with Gasteiger partial charge in [-0.15, -0.1) is 0 Å². The number of rotatable bonds is 4. The lowest BCUT2D eigenvalue weighted by atomic mass is 9.98. The van der Waals surface area contributed by atoms with Crippen LogP contribution in [0.2, 0.25) is 5.02 Å². The summed E-state index contributed by atoms with van der Waals surface area (Å²) >= 11 is 5.91. The van der Waals surface area contributed by atoms with E-state index in [1.807, 2.05) is 31.2 Å². The Kier molecular flexibility index (Phi) is 5.17. The predicted octanol–water partition coefficient (Wildman–Crippen LogP) is 4.48. The molecule has 0 spiro atoms. The highest BCUT2D eigenvalue weighted by Gasteiger charge is 2.25. The van der Waals surface area contributed by atoms with Gasteiger partial charge in [-0.05, 0) is 56.2 Å². The highest BCUT2D eigenvalue weighted by atomic mass is 35.5. The summed E-state index contributed by atoms with van der Waals surface area (Å²) in [6, 6.07) is 15.3. The van der Waals surface area contributed by atoms with E-state index in [0.29, 0.717) is 16.8 Å². The Balaban J connectivity index is 1.55.